The summed E-state index contributed by atoms with van der Waals surface area (Å²) in [5.41, 5.74) is 6.92. The van der Waals surface area contributed by atoms with Crippen LogP contribution in [0.5, 0.6) is 0 Å². The maximum atomic E-state index is 12.0. The topological polar surface area (TPSA) is 61.6 Å². The minimum Gasteiger partial charge on any atom is -0.351 e. The van der Waals surface area contributed by atoms with E-state index in [2.05, 4.69) is 22.2 Å². The average molecular weight is 276 g/mol. The van der Waals surface area contributed by atoms with Gasteiger partial charge in [-0.1, -0.05) is 30.3 Å². The fourth-order valence-corrected chi connectivity index (χ4v) is 2.52. The zero-order chi connectivity index (χ0) is 14.4. The van der Waals surface area contributed by atoms with Gasteiger partial charge in [0.25, 0.3) is 0 Å². The van der Waals surface area contributed by atoms with Crippen LogP contribution >= 0.6 is 0 Å². The van der Waals surface area contributed by atoms with Gasteiger partial charge in [-0.15, -0.1) is 0 Å². The summed E-state index contributed by atoms with van der Waals surface area (Å²) < 4.78 is 0. The molecule has 1 unspecified atom stereocenters. The minimum atomic E-state index is 0.0665. The van der Waals surface area contributed by atoms with E-state index in [1.807, 2.05) is 30.3 Å². The monoisotopic (exact) mass is 276 g/mol. The third-order valence-electron chi connectivity index (χ3n) is 3.76. The molecule has 0 bridgehead atoms. The van der Waals surface area contributed by atoms with E-state index in [4.69, 9.17) is 5.73 Å². The molecule has 1 amide bonds. The smallest absolute Gasteiger partial charge is 0.234 e. The Bertz CT molecular complexity index is 423. The lowest BCUT2D eigenvalue weighted by molar-refractivity contribution is -0.123. The van der Waals surface area contributed by atoms with Crippen LogP contribution in [-0.2, 0) is 11.3 Å². The van der Waals surface area contributed by atoms with Gasteiger partial charge in [-0.3, -0.25) is 9.69 Å². The summed E-state index contributed by atoms with van der Waals surface area (Å²) in [5, 5.41) is 2.97. The summed E-state index contributed by atoms with van der Waals surface area (Å²) in [7, 11) is 2.09. The van der Waals surface area contributed by atoms with E-state index < -0.39 is 0 Å². The zero-order valence-corrected chi connectivity index (χ0v) is 12.1. The maximum Gasteiger partial charge on any atom is 0.234 e. The van der Waals surface area contributed by atoms with Gasteiger partial charge in [0.2, 0.25) is 5.91 Å². The van der Waals surface area contributed by atoms with Crippen molar-refractivity contribution in [1.82, 2.24) is 15.1 Å². The van der Waals surface area contributed by atoms with Crippen LogP contribution in [0.25, 0.3) is 0 Å². The van der Waals surface area contributed by atoms with Gasteiger partial charge in [-0.05, 0) is 12.6 Å². The van der Waals surface area contributed by atoms with E-state index >= 15 is 0 Å². The fraction of sp³-hybridized carbons (Fsp3) is 0.533. The highest BCUT2D eigenvalue weighted by atomic mass is 16.2. The van der Waals surface area contributed by atoms with Crippen LogP contribution in [0.3, 0.4) is 0 Å². The van der Waals surface area contributed by atoms with Crippen LogP contribution in [0.4, 0.5) is 0 Å². The lowest BCUT2D eigenvalue weighted by Gasteiger charge is -2.39. The van der Waals surface area contributed by atoms with Crippen molar-refractivity contribution in [2.75, 3.05) is 39.8 Å². The molecule has 1 aliphatic heterocycles. The van der Waals surface area contributed by atoms with E-state index in [1.165, 1.54) is 0 Å². The van der Waals surface area contributed by atoms with Crippen molar-refractivity contribution in [2.24, 2.45) is 5.73 Å². The largest absolute Gasteiger partial charge is 0.351 e. The molecule has 0 saturated carbocycles. The number of benzene rings is 1. The fourth-order valence-electron chi connectivity index (χ4n) is 2.52. The van der Waals surface area contributed by atoms with Crippen molar-refractivity contribution in [3.8, 4) is 0 Å². The van der Waals surface area contributed by atoms with Gasteiger partial charge in [0.1, 0.15) is 0 Å². The van der Waals surface area contributed by atoms with Crippen LogP contribution in [0, 0.1) is 0 Å². The quantitative estimate of drug-likeness (QED) is 0.787. The summed E-state index contributed by atoms with van der Waals surface area (Å²) in [5.74, 6) is 0.0665. The first-order valence-corrected chi connectivity index (χ1v) is 7.12. The van der Waals surface area contributed by atoms with Crippen molar-refractivity contribution in [2.45, 2.75) is 12.6 Å². The number of hydrogen-bond acceptors (Lipinski definition) is 4. The summed E-state index contributed by atoms with van der Waals surface area (Å²) in [6.07, 6.45) is 0. The Balaban J connectivity index is 1.79. The molecule has 3 N–H and O–H groups in total. The number of piperazine rings is 1. The highest BCUT2D eigenvalue weighted by molar-refractivity contribution is 5.78. The van der Waals surface area contributed by atoms with E-state index in [1.54, 1.807) is 0 Å². The third-order valence-corrected chi connectivity index (χ3v) is 3.76. The molecule has 5 heteroatoms. The second-order valence-electron chi connectivity index (χ2n) is 5.38. The Labute approximate surface area is 120 Å². The molecule has 5 nitrogen and oxygen atoms in total. The van der Waals surface area contributed by atoms with Gasteiger partial charge >= 0.3 is 0 Å². The predicted octanol–water partition coefficient (Wildman–Crippen LogP) is -0.122. The predicted molar refractivity (Wildman–Crippen MR) is 80.2 cm³/mol. The van der Waals surface area contributed by atoms with Crippen LogP contribution in [0.2, 0.25) is 0 Å². The van der Waals surface area contributed by atoms with E-state index in [-0.39, 0.29) is 11.9 Å². The highest BCUT2D eigenvalue weighted by Crippen LogP contribution is 2.07. The Morgan fingerprint density at radius 2 is 2.10 bits per heavy atom. The van der Waals surface area contributed by atoms with Crippen LogP contribution in [-0.4, -0.2) is 61.5 Å². The number of nitrogens with zero attached hydrogens (tertiary/aromatic N) is 2. The summed E-state index contributed by atoms with van der Waals surface area (Å²) in [6.45, 7) is 4.43. The molecular weight excluding hydrogens is 252 g/mol. The van der Waals surface area contributed by atoms with Crippen molar-refractivity contribution >= 4 is 5.91 Å². The number of carbonyl (C=O) groups excluding carboxylic acids is 1. The molecule has 0 aromatic heterocycles. The molecule has 1 fully saturated rings. The Morgan fingerprint density at radius 1 is 1.35 bits per heavy atom. The molecular formula is C15H24N4O. The van der Waals surface area contributed by atoms with Crippen LogP contribution in [0.15, 0.2) is 30.3 Å². The summed E-state index contributed by atoms with van der Waals surface area (Å²) in [6, 6.07) is 10.2. The number of hydrogen-bond donors (Lipinski definition) is 2. The first kappa shape index (κ1) is 15.0. The third kappa shape index (κ3) is 4.30. The molecule has 110 valence electrons. The number of likely N-dealkylation sites (N-methyl/N-ethyl adjacent to an activating group) is 1. The molecule has 0 radical (unpaired) electrons. The van der Waals surface area contributed by atoms with Gasteiger partial charge in [-0.25, -0.2) is 0 Å². The minimum absolute atomic E-state index is 0.0665. The van der Waals surface area contributed by atoms with Crippen LogP contribution < -0.4 is 11.1 Å². The molecule has 2 rings (SSSR count). The van der Waals surface area contributed by atoms with Gasteiger partial charge < -0.3 is 16.0 Å². The Morgan fingerprint density at radius 3 is 2.80 bits per heavy atom. The number of amides is 1. The zero-order valence-electron chi connectivity index (χ0n) is 12.1. The van der Waals surface area contributed by atoms with Crippen molar-refractivity contribution in [1.29, 1.82) is 0 Å². The molecule has 1 aliphatic rings. The second-order valence-corrected chi connectivity index (χ2v) is 5.38. The number of carbonyl (C=O) groups is 1. The molecule has 0 aliphatic carbocycles. The normalized spacial score (nSPS) is 20.8. The van der Waals surface area contributed by atoms with Gasteiger partial charge in [0.15, 0.2) is 0 Å². The SMILES string of the molecule is CN1CCN(CC(=O)NCc2ccccc2)C(CN)C1. The van der Waals surface area contributed by atoms with E-state index in [9.17, 15) is 4.79 Å². The average Bonchev–Trinajstić information content (AvgIpc) is 2.48. The molecule has 1 aromatic carbocycles. The van der Waals surface area contributed by atoms with Gasteiger partial charge in [-0.2, -0.15) is 0 Å². The molecule has 1 saturated heterocycles. The molecule has 1 heterocycles. The number of rotatable bonds is 5. The van der Waals surface area contributed by atoms with Crippen molar-refractivity contribution in [3.63, 3.8) is 0 Å². The standard InChI is InChI=1S/C15H24N4O/c1-18-7-8-19(14(9-16)11-18)12-15(20)17-10-13-5-3-2-4-6-13/h2-6,14H,7-12,16H2,1H3,(H,17,20). The van der Waals surface area contributed by atoms with E-state index in [0.29, 0.717) is 19.6 Å². The summed E-state index contributed by atoms with van der Waals surface area (Å²) >= 11 is 0. The molecule has 20 heavy (non-hydrogen) atoms. The Kier molecular flexibility index (Phi) is 5.52. The molecule has 1 aromatic rings. The molecule has 0 spiro atoms. The number of nitrogens with one attached hydrogen (secondary N) is 1. The lowest BCUT2D eigenvalue weighted by atomic mass is 10.1. The Hall–Kier alpha value is -1.43. The maximum absolute atomic E-state index is 12.0. The first-order chi connectivity index (χ1) is 9.69. The summed E-state index contributed by atoms with van der Waals surface area (Å²) in [4.78, 5) is 16.5. The van der Waals surface area contributed by atoms with Crippen LogP contribution in [0.1, 0.15) is 5.56 Å². The highest BCUT2D eigenvalue weighted by Gasteiger charge is 2.25. The van der Waals surface area contributed by atoms with E-state index in [0.717, 1.165) is 25.2 Å². The molecule has 1 atom stereocenters. The van der Waals surface area contributed by atoms with Gasteiger partial charge in [0.05, 0.1) is 6.54 Å². The number of nitrogens with two attached hydrogens (primary N) is 1. The van der Waals surface area contributed by atoms with Crippen molar-refractivity contribution < 1.29 is 4.79 Å². The lowest BCUT2D eigenvalue weighted by Crippen LogP contribution is -2.56. The first-order valence-electron chi connectivity index (χ1n) is 7.12. The second kappa shape index (κ2) is 7.38. The van der Waals surface area contributed by atoms with Gasteiger partial charge in [0, 0.05) is 38.8 Å². The van der Waals surface area contributed by atoms with Crippen molar-refractivity contribution in [3.05, 3.63) is 35.9 Å².